The van der Waals surface area contributed by atoms with Crippen molar-refractivity contribution in [3.63, 3.8) is 0 Å². The maximum atomic E-state index is 5.99. The molecule has 3 nitrogen and oxygen atoms in total. The maximum Gasteiger partial charge on any atom is 0.123 e. The summed E-state index contributed by atoms with van der Waals surface area (Å²) in [5.41, 5.74) is 1.05. The molecule has 0 aliphatic heterocycles. The lowest BCUT2D eigenvalue weighted by atomic mass is 10.2. The normalized spacial score (nSPS) is 10.0. The van der Waals surface area contributed by atoms with Crippen LogP contribution in [0.1, 0.15) is 18.2 Å². The van der Waals surface area contributed by atoms with Crippen LogP contribution in [-0.2, 0) is 13.1 Å². The number of furan rings is 1. The Morgan fingerprint density at radius 3 is 2.79 bits per heavy atom. The second-order valence-corrected chi connectivity index (χ2v) is 4.30. The fourth-order valence-electron chi connectivity index (χ4n) is 1.72. The number of halogens is 2. The highest BCUT2D eigenvalue weighted by Crippen LogP contribution is 2.22. The monoisotopic (exact) mass is 301 g/mol. The molecular formula is C14H17Cl2NO2. The topological polar surface area (TPSA) is 34.4 Å². The molecule has 1 aromatic heterocycles. The first-order valence-electron chi connectivity index (χ1n) is 5.94. The Morgan fingerprint density at radius 1 is 1.26 bits per heavy atom. The fourth-order valence-corrected chi connectivity index (χ4v) is 1.91. The standard InChI is InChI=1S/C14H16ClNO2.ClH/c1-2-17-14-6-5-12(15)8-11(14)9-16-10-13-4-3-7-18-13;/h3-8,16H,2,9-10H2,1H3;1H. The van der Waals surface area contributed by atoms with E-state index in [4.69, 9.17) is 20.8 Å². The molecule has 0 spiro atoms. The van der Waals surface area contributed by atoms with Crippen LogP contribution in [-0.4, -0.2) is 6.61 Å². The van der Waals surface area contributed by atoms with Gasteiger partial charge in [0, 0.05) is 17.1 Å². The van der Waals surface area contributed by atoms with Crippen LogP contribution in [0, 0.1) is 0 Å². The van der Waals surface area contributed by atoms with E-state index in [1.165, 1.54) is 0 Å². The first-order valence-corrected chi connectivity index (χ1v) is 6.31. The van der Waals surface area contributed by atoms with Crippen molar-refractivity contribution in [1.29, 1.82) is 0 Å². The zero-order valence-electron chi connectivity index (χ0n) is 10.7. The third kappa shape index (κ3) is 4.78. The van der Waals surface area contributed by atoms with Crippen molar-refractivity contribution in [2.75, 3.05) is 6.61 Å². The first kappa shape index (κ1) is 15.9. The molecule has 0 amide bonds. The van der Waals surface area contributed by atoms with Crippen LogP contribution in [0.2, 0.25) is 5.02 Å². The largest absolute Gasteiger partial charge is 0.494 e. The van der Waals surface area contributed by atoms with Gasteiger partial charge in [0.2, 0.25) is 0 Å². The lowest BCUT2D eigenvalue weighted by Gasteiger charge is -2.11. The van der Waals surface area contributed by atoms with Crippen LogP contribution in [0.15, 0.2) is 41.0 Å². The van der Waals surface area contributed by atoms with Crippen LogP contribution in [0.25, 0.3) is 0 Å². The van der Waals surface area contributed by atoms with Gasteiger partial charge in [-0.3, -0.25) is 0 Å². The summed E-state index contributed by atoms with van der Waals surface area (Å²) in [6.07, 6.45) is 1.67. The molecular weight excluding hydrogens is 285 g/mol. The zero-order chi connectivity index (χ0) is 12.8. The van der Waals surface area contributed by atoms with E-state index >= 15 is 0 Å². The fraction of sp³-hybridized carbons (Fsp3) is 0.286. The number of nitrogens with one attached hydrogen (secondary N) is 1. The molecule has 0 bridgehead atoms. The quantitative estimate of drug-likeness (QED) is 0.874. The van der Waals surface area contributed by atoms with Gasteiger partial charge in [0.15, 0.2) is 0 Å². The number of benzene rings is 1. The van der Waals surface area contributed by atoms with Gasteiger partial charge in [-0.1, -0.05) is 11.6 Å². The van der Waals surface area contributed by atoms with E-state index in [1.54, 1.807) is 6.26 Å². The maximum absolute atomic E-state index is 5.99. The molecule has 104 valence electrons. The molecule has 0 unspecified atom stereocenters. The van der Waals surface area contributed by atoms with Gasteiger partial charge in [-0.05, 0) is 37.3 Å². The highest BCUT2D eigenvalue weighted by atomic mass is 35.5. The van der Waals surface area contributed by atoms with Gasteiger partial charge < -0.3 is 14.5 Å². The molecule has 1 heterocycles. The summed E-state index contributed by atoms with van der Waals surface area (Å²) in [6, 6.07) is 9.47. The van der Waals surface area contributed by atoms with Gasteiger partial charge in [-0.15, -0.1) is 12.4 Å². The van der Waals surface area contributed by atoms with E-state index in [-0.39, 0.29) is 12.4 Å². The minimum Gasteiger partial charge on any atom is -0.494 e. The van der Waals surface area contributed by atoms with E-state index in [1.807, 2.05) is 37.3 Å². The second kappa shape index (κ2) is 8.10. The van der Waals surface area contributed by atoms with E-state index in [0.29, 0.717) is 24.7 Å². The van der Waals surface area contributed by atoms with Gasteiger partial charge in [0.25, 0.3) is 0 Å². The SMILES string of the molecule is CCOc1ccc(Cl)cc1CNCc1ccco1.Cl. The predicted molar refractivity (Wildman–Crippen MR) is 79.1 cm³/mol. The molecule has 2 rings (SSSR count). The van der Waals surface area contributed by atoms with Crippen molar-refractivity contribution in [2.45, 2.75) is 20.0 Å². The Hall–Kier alpha value is -1.16. The minimum absolute atomic E-state index is 0. The summed E-state index contributed by atoms with van der Waals surface area (Å²) in [7, 11) is 0. The third-order valence-corrected chi connectivity index (χ3v) is 2.75. The molecule has 5 heteroatoms. The average molecular weight is 302 g/mol. The summed E-state index contributed by atoms with van der Waals surface area (Å²) in [4.78, 5) is 0. The Labute approximate surface area is 124 Å². The molecule has 0 atom stereocenters. The van der Waals surface area contributed by atoms with Gasteiger partial charge in [-0.25, -0.2) is 0 Å². The Bertz CT molecular complexity index is 486. The van der Waals surface area contributed by atoms with Crippen molar-refractivity contribution in [2.24, 2.45) is 0 Å². The van der Waals surface area contributed by atoms with Crippen LogP contribution >= 0.6 is 24.0 Å². The molecule has 0 aliphatic rings. The molecule has 0 radical (unpaired) electrons. The van der Waals surface area contributed by atoms with E-state index in [9.17, 15) is 0 Å². The second-order valence-electron chi connectivity index (χ2n) is 3.87. The zero-order valence-corrected chi connectivity index (χ0v) is 12.3. The third-order valence-electron chi connectivity index (χ3n) is 2.52. The number of hydrogen-bond donors (Lipinski definition) is 1. The minimum atomic E-state index is 0. The highest BCUT2D eigenvalue weighted by Gasteiger charge is 2.04. The molecule has 1 aromatic carbocycles. The summed E-state index contributed by atoms with van der Waals surface area (Å²) in [5, 5.41) is 4.01. The van der Waals surface area contributed by atoms with Crippen molar-refractivity contribution < 1.29 is 9.15 Å². The predicted octanol–water partition coefficient (Wildman–Crippen LogP) is 4.04. The van der Waals surface area contributed by atoms with Crippen LogP contribution in [0.4, 0.5) is 0 Å². The number of rotatable bonds is 6. The smallest absolute Gasteiger partial charge is 0.123 e. The Morgan fingerprint density at radius 2 is 2.11 bits per heavy atom. The van der Waals surface area contributed by atoms with Gasteiger partial charge in [0.05, 0.1) is 19.4 Å². The number of hydrogen-bond acceptors (Lipinski definition) is 3. The lowest BCUT2D eigenvalue weighted by Crippen LogP contribution is -2.13. The molecule has 0 fully saturated rings. The van der Waals surface area contributed by atoms with E-state index < -0.39 is 0 Å². The Balaban J connectivity index is 0.00000180. The van der Waals surface area contributed by atoms with Crippen molar-refractivity contribution in [3.05, 3.63) is 52.9 Å². The van der Waals surface area contributed by atoms with Crippen molar-refractivity contribution in [1.82, 2.24) is 5.32 Å². The van der Waals surface area contributed by atoms with Gasteiger partial charge in [-0.2, -0.15) is 0 Å². The molecule has 19 heavy (non-hydrogen) atoms. The summed E-state index contributed by atoms with van der Waals surface area (Å²) < 4.78 is 10.8. The molecule has 2 aromatic rings. The summed E-state index contributed by atoms with van der Waals surface area (Å²) >= 11 is 5.99. The summed E-state index contributed by atoms with van der Waals surface area (Å²) in [5.74, 6) is 1.78. The van der Waals surface area contributed by atoms with Crippen LogP contribution in [0.3, 0.4) is 0 Å². The highest BCUT2D eigenvalue weighted by molar-refractivity contribution is 6.30. The van der Waals surface area contributed by atoms with Crippen molar-refractivity contribution in [3.8, 4) is 5.75 Å². The molecule has 0 aliphatic carbocycles. The van der Waals surface area contributed by atoms with Crippen LogP contribution in [0.5, 0.6) is 5.75 Å². The van der Waals surface area contributed by atoms with Gasteiger partial charge in [0.1, 0.15) is 11.5 Å². The molecule has 1 N–H and O–H groups in total. The first-order chi connectivity index (χ1) is 8.79. The van der Waals surface area contributed by atoms with Crippen LogP contribution < -0.4 is 10.1 Å². The molecule has 0 saturated heterocycles. The van der Waals surface area contributed by atoms with Gasteiger partial charge >= 0.3 is 0 Å². The average Bonchev–Trinajstić information content (AvgIpc) is 2.86. The Kier molecular flexibility index (Phi) is 6.78. The summed E-state index contributed by atoms with van der Waals surface area (Å²) in [6.45, 7) is 3.99. The van der Waals surface area contributed by atoms with Crippen molar-refractivity contribution >= 4 is 24.0 Å². The van der Waals surface area contributed by atoms with E-state index in [0.717, 1.165) is 17.1 Å². The number of ether oxygens (including phenoxy) is 1. The lowest BCUT2D eigenvalue weighted by molar-refractivity contribution is 0.335. The molecule has 0 saturated carbocycles. The van der Waals surface area contributed by atoms with E-state index in [2.05, 4.69) is 5.32 Å².